The summed E-state index contributed by atoms with van der Waals surface area (Å²) < 4.78 is 5.07. The van der Waals surface area contributed by atoms with Gasteiger partial charge in [0.05, 0.1) is 31.7 Å². The second-order valence-corrected chi connectivity index (χ2v) is 4.30. The Kier molecular flexibility index (Phi) is 4.35. The van der Waals surface area contributed by atoms with E-state index < -0.39 is 0 Å². The summed E-state index contributed by atoms with van der Waals surface area (Å²) in [6.45, 7) is 0.587. The van der Waals surface area contributed by atoms with Crippen molar-refractivity contribution < 1.29 is 4.74 Å². The summed E-state index contributed by atoms with van der Waals surface area (Å²) in [5, 5.41) is 4.07. The molecule has 0 spiro atoms. The number of aromatic nitrogens is 3. The molecule has 0 atom stereocenters. The van der Waals surface area contributed by atoms with Gasteiger partial charge in [-0.2, -0.15) is 0 Å². The van der Waals surface area contributed by atoms with Crippen LogP contribution in [0.1, 0.15) is 5.69 Å². The van der Waals surface area contributed by atoms with Crippen molar-refractivity contribution in [2.75, 3.05) is 18.7 Å². The van der Waals surface area contributed by atoms with Crippen molar-refractivity contribution in [3.05, 3.63) is 36.3 Å². The molecular weight excluding hydrogens is 248 g/mol. The van der Waals surface area contributed by atoms with E-state index >= 15 is 0 Å². The largest absolute Gasteiger partial charge is 0.481 e. The average molecular weight is 262 g/mol. The number of ether oxygens (including phenoxy) is 1. The molecule has 0 aromatic carbocycles. The molecule has 0 aliphatic carbocycles. The van der Waals surface area contributed by atoms with Crippen LogP contribution in [-0.2, 0) is 6.54 Å². The first-order valence-electron chi connectivity index (χ1n) is 5.41. The van der Waals surface area contributed by atoms with Crippen molar-refractivity contribution in [3.63, 3.8) is 0 Å². The van der Waals surface area contributed by atoms with Gasteiger partial charge < -0.3 is 10.1 Å². The molecule has 0 aliphatic heterocycles. The zero-order valence-corrected chi connectivity index (χ0v) is 11.1. The van der Waals surface area contributed by atoms with Crippen LogP contribution in [0.4, 0.5) is 5.82 Å². The highest BCUT2D eigenvalue weighted by Crippen LogP contribution is 2.13. The number of methoxy groups -OCH3 is 1. The van der Waals surface area contributed by atoms with Crippen LogP contribution in [0.2, 0.25) is 0 Å². The molecule has 2 aromatic heterocycles. The molecule has 0 saturated carbocycles. The molecule has 18 heavy (non-hydrogen) atoms. The normalized spacial score (nSPS) is 10.1. The van der Waals surface area contributed by atoms with Gasteiger partial charge in [0.2, 0.25) is 5.88 Å². The first-order valence-corrected chi connectivity index (χ1v) is 6.64. The van der Waals surface area contributed by atoms with E-state index in [1.165, 1.54) is 0 Å². The molecule has 6 heteroatoms. The molecule has 0 fully saturated rings. The Morgan fingerprint density at radius 1 is 1.28 bits per heavy atom. The Morgan fingerprint density at radius 3 is 2.94 bits per heavy atom. The van der Waals surface area contributed by atoms with Gasteiger partial charge in [-0.25, -0.2) is 9.97 Å². The van der Waals surface area contributed by atoms with Crippen molar-refractivity contribution in [1.29, 1.82) is 0 Å². The number of rotatable bonds is 5. The monoisotopic (exact) mass is 262 g/mol. The fraction of sp³-hybridized carbons (Fsp3) is 0.250. The minimum absolute atomic E-state index is 0.587. The maximum absolute atomic E-state index is 5.07. The zero-order chi connectivity index (χ0) is 12.8. The van der Waals surface area contributed by atoms with Crippen LogP contribution in [-0.4, -0.2) is 28.3 Å². The number of nitrogens with zero attached hydrogens (tertiary/aromatic N) is 3. The van der Waals surface area contributed by atoms with Crippen molar-refractivity contribution in [1.82, 2.24) is 15.0 Å². The molecule has 94 valence electrons. The zero-order valence-electron chi connectivity index (χ0n) is 10.3. The highest BCUT2D eigenvalue weighted by Gasteiger charge is 2.00. The number of hydrogen-bond acceptors (Lipinski definition) is 6. The fourth-order valence-electron chi connectivity index (χ4n) is 1.38. The number of nitrogens with one attached hydrogen (secondary N) is 1. The molecule has 2 rings (SSSR count). The first kappa shape index (κ1) is 12.6. The van der Waals surface area contributed by atoms with Crippen LogP contribution in [0, 0.1) is 0 Å². The molecule has 0 unspecified atom stereocenters. The summed E-state index contributed by atoms with van der Waals surface area (Å²) in [5.41, 5.74) is 0.894. The van der Waals surface area contributed by atoms with Gasteiger partial charge in [0.25, 0.3) is 0 Å². The second-order valence-electron chi connectivity index (χ2n) is 3.47. The van der Waals surface area contributed by atoms with Gasteiger partial charge in [0.1, 0.15) is 10.8 Å². The molecule has 2 heterocycles. The van der Waals surface area contributed by atoms with Gasteiger partial charge in [-0.05, 0) is 12.3 Å². The molecule has 0 radical (unpaired) electrons. The van der Waals surface area contributed by atoms with Crippen molar-refractivity contribution in [2.24, 2.45) is 0 Å². The Labute approximate surface area is 110 Å². The highest BCUT2D eigenvalue weighted by molar-refractivity contribution is 7.98. The number of thioether (sulfide) groups is 1. The van der Waals surface area contributed by atoms with Gasteiger partial charge in [-0.1, -0.05) is 6.07 Å². The minimum Gasteiger partial charge on any atom is -0.481 e. The maximum Gasteiger partial charge on any atom is 0.213 e. The molecule has 0 saturated heterocycles. The third kappa shape index (κ3) is 3.33. The lowest BCUT2D eigenvalue weighted by molar-refractivity contribution is 0.396. The average Bonchev–Trinajstić information content (AvgIpc) is 2.45. The van der Waals surface area contributed by atoms with Gasteiger partial charge in [-0.3, -0.25) is 4.98 Å². The quantitative estimate of drug-likeness (QED) is 0.834. The van der Waals surface area contributed by atoms with Gasteiger partial charge in [0, 0.05) is 6.07 Å². The first-order chi connectivity index (χ1) is 8.81. The van der Waals surface area contributed by atoms with E-state index in [2.05, 4.69) is 20.3 Å². The molecule has 5 nitrogen and oxygen atoms in total. The van der Waals surface area contributed by atoms with Crippen LogP contribution >= 0.6 is 11.8 Å². The standard InChI is InChI=1S/C12H14N4OS/c1-17-11-5-3-4-9(15-11)6-14-10-7-13-8-12(16-10)18-2/h3-5,7-8H,6H2,1-2H3,(H,14,16). The summed E-state index contributed by atoms with van der Waals surface area (Å²) in [6, 6.07) is 5.66. The highest BCUT2D eigenvalue weighted by atomic mass is 32.2. The van der Waals surface area contributed by atoms with Gasteiger partial charge in [-0.15, -0.1) is 11.8 Å². The van der Waals surface area contributed by atoms with Crippen LogP contribution in [0.3, 0.4) is 0 Å². The molecular formula is C12H14N4OS. The van der Waals surface area contributed by atoms with Crippen LogP contribution in [0.25, 0.3) is 0 Å². The lowest BCUT2D eigenvalue weighted by atomic mass is 10.3. The summed E-state index contributed by atoms with van der Waals surface area (Å²) in [4.78, 5) is 12.8. The third-order valence-corrected chi connectivity index (χ3v) is 2.88. The van der Waals surface area contributed by atoms with Gasteiger partial charge >= 0.3 is 0 Å². The Morgan fingerprint density at radius 2 is 2.17 bits per heavy atom. The lowest BCUT2D eigenvalue weighted by Crippen LogP contribution is -2.04. The summed E-state index contributed by atoms with van der Waals surface area (Å²) in [7, 11) is 1.60. The smallest absolute Gasteiger partial charge is 0.213 e. The summed E-state index contributed by atoms with van der Waals surface area (Å²) >= 11 is 1.56. The third-order valence-electron chi connectivity index (χ3n) is 2.26. The Balaban J connectivity index is 2.01. The van der Waals surface area contributed by atoms with E-state index in [0.29, 0.717) is 12.4 Å². The molecule has 1 N–H and O–H groups in total. The molecule has 0 aliphatic rings. The maximum atomic E-state index is 5.07. The Bertz CT molecular complexity index is 473. The SMILES string of the molecule is COc1cccc(CNc2cncc(SC)n2)n1. The van der Waals surface area contributed by atoms with Crippen LogP contribution in [0.5, 0.6) is 5.88 Å². The van der Waals surface area contributed by atoms with Gasteiger partial charge in [0.15, 0.2) is 0 Å². The number of pyridine rings is 1. The summed E-state index contributed by atoms with van der Waals surface area (Å²) in [6.07, 6.45) is 5.40. The summed E-state index contributed by atoms with van der Waals surface area (Å²) in [5.74, 6) is 1.35. The van der Waals surface area contributed by atoms with Crippen molar-refractivity contribution in [2.45, 2.75) is 11.6 Å². The van der Waals surface area contributed by atoms with E-state index in [-0.39, 0.29) is 0 Å². The van der Waals surface area contributed by atoms with Crippen LogP contribution in [0.15, 0.2) is 35.6 Å². The molecule has 0 bridgehead atoms. The van der Waals surface area contributed by atoms with Crippen molar-refractivity contribution >= 4 is 17.6 Å². The lowest BCUT2D eigenvalue weighted by Gasteiger charge is -2.06. The topological polar surface area (TPSA) is 59.9 Å². The Hall–Kier alpha value is -1.82. The van der Waals surface area contributed by atoms with E-state index in [1.54, 1.807) is 31.3 Å². The molecule has 2 aromatic rings. The molecule has 0 amide bonds. The minimum atomic E-state index is 0.587. The fourth-order valence-corrected chi connectivity index (χ4v) is 1.74. The predicted octanol–water partition coefficient (Wildman–Crippen LogP) is 2.21. The van der Waals surface area contributed by atoms with E-state index in [9.17, 15) is 0 Å². The number of anilines is 1. The van der Waals surface area contributed by atoms with Crippen LogP contribution < -0.4 is 10.1 Å². The van der Waals surface area contributed by atoms with E-state index in [0.717, 1.165) is 16.5 Å². The van der Waals surface area contributed by atoms with E-state index in [4.69, 9.17) is 4.74 Å². The van der Waals surface area contributed by atoms with E-state index in [1.807, 2.05) is 24.5 Å². The number of hydrogen-bond donors (Lipinski definition) is 1. The second kappa shape index (κ2) is 6.20. The van der Waals surface area contributed by atoms with Crippen molar-refractivity contribution in [3.8, 4) is 5.88 Å². The predicted molar refractivity (Wildman–Crippen MR) is 71.9 cm³/mol.